The van der Waals surface area contributed by atoms with Gasteiger partial charge in [0.1, 0.15) is 0 Å². The Morgan fingerprint density at radius 1 is 1.36 bits per heavy atom. The van der Waals surface area contributed by atoms with Gasteiger partial charge in [-0.1, -0.05) is 35.7 Å². The van der Waals surface area contributed by atoms with Crippen LogP contribution in [0.4, 0.5) is 0 Å². The largest absolute Gasteiger partial charge is 0.354 e. The van der Waals surface area contributed by atoms with E-state index >= 15 is 0 Å². The number of alkyl halides is 1. The molecule has 1 amide bonds. The third kappa shape index (κ3) is 8.54. The zero-order chi connectivity index (χ0) is 10.8. The topological polar surface area (TPSA) is 29.1 Å². The lowest BCUT2D eigenvalue weighted by Gasteiger charge is -2.12. The maximum absolute atomic E-state index is 11.4. The van der Waals surface area contributed by atoms with Gasteiger partial charge in [0.25, 0.3) is 0 Å². The Bertz CT molecular complexity index is 150. The van der Waals surface area contributed by atoms with Crippen molar-refractivity contribution in [1.82, 2.24) is 5.32 Å². The van der Waals surface area contributed by atoms with Crippen molar-refractivity contribution in [3.63, 3.8) is 0 Å². The number of amides is 1. The van der Waals surface area contributed by atoms with E-state index in [0.717, 1.165) is 31.0 Å². The standard InChI is InChI=1S/C11H22BrNO/c1-3-4-5-8-11(14)13-10(2)7-6-9-12/h10H,3-9H2,1-2H3,(H,13,14). The predicted molar refractivity (Wildman–Crippen MR) is 64.8 cm³/mol. The zero-order valence-corrected chi connectivity index (χ0v) is 10.9. The van der Waals surface area contributed by atoms with Crippen molar-refractivity contribution >= 4 is 21.8 Å². The number of hydrogen-bond acceptors (Lipinski definition) is 1. The monoisotopic (exact) mass is 263 g/mol. The highest BCUT2D eigenvalue weighted by Gasteiger charge is 2.05. The van der Waals surface area contributed by atoms with Gasteiger partial charge in [-0.25, -0.2) is 0 Å². The van der Waals surface area contributed by atoms with Gasteiger partial charge in [-0.05, 0) is 26.2 Å². The average molecular weight is 264 g/mol. The number of carbonyl (C=O) groups excluding carboxylic acids is 1. The molecule has 14 heavy (non-hydrogen) atoms. The molecule has 0 aromatic rings. The molecule has 84 valence electrons. The van der Waals surface area contributed by atoms with Gasteiger partial charge in [-0.2, -0.15) is 0 Å². The second-order valence-electron chi connectivity index (χ2n) is 3.76. The molecule has 0 aliphatic carbocycles. The molecule has 0 fully saturated rings. The number of hydrogen-bond donors (Lipinski definition) is 1. The summed E-state index contributed by atoms with van der Waals surface area (Å²) in [7, 11) is 0. The molecule has 0 aliphatic heterocycles. The summed E-state index contributed by atoms with van der Waals surface area (Å²) in [4.78, 5) is 11.4. The average Bonchev–Trinajstić information content (AvgIpc) is 2.15. The van der Waals surface area contributed by atoms with E-state index in [1.54, 1.807) is 0 Å². The van der Waals surface area contributed by atoms with E-state index in [-0.39, 0.29) is 5.91 Å². The molecule has 1 N–H and O–H groups in total. The Morgan fingerprint density at radius 2 is 2.07 bits per heavy atom. The fraction of sp³-hybridized carbons (Fsp3) is 0.909. The summed E-state index contributed by atoms with van der Waals surface area (Å²) in [6, 6.07) is 0.321. The highest BCUT2D eigenvalue weighted by Crippen LogP contribution is 2.02. The first-order valence-electron chi connectivity index (χ1n) is 5.56. The normalized spacial score (nSPS) is 12.5. The molecule has 3 heteroatoms. The van der Waals surface area contributed by atoms with Crippen molar-refractivity contribution in [2.75, 3.05) is 5.33 Å². The third-order valence-corrected chi connectivity index (χ3v) is 2.75. The Hall–Kier alpha value is -0.0500. The van der Waals surface area contributed by atoms with E-state index in [0.29, 0.717) is 12.5 Å². The number of unbranched alkanes of at least 4 members (excludes halogenated alkanes) is 2. The van der Waals surface area contributed by atoms with Crippen LogP contribution in [0.15, 0.2) is 0 Å². The summed E-state index contributed by atoms with van der Waals surface area (Å²) in [5.41, 5.74) is 0. The van der Waals surface area contributed by atoms with Crippen molar-refractivity contribution in [2.24, 2.45) is 0 Å². The van der Waals surface area contributed by atoms with Crippen LogP contribution >= 0.6 is 15.9 Å². The molecule has 0 radical (unpaired) electrons. The zero-order valence-electron chi connectivity index (χ0n) is 9.31. The number of nitrogens with one attached hydrogen (secondary N) is 1. The first-order chi connectivity index (χ1) is 6.70. The van der Waals surface area contributed by atoms with Gasteiger partial charge in [0.05, 0.1) is 0 Å². The summed E-state index contributed by atoms with van der Waals surface area (Å²) in [6.45, 7) is 4.22. The van der Waals surface area contributed by atoms with Crippen LogP contribution in [0.2, 0.25) is 0 Å². The quantitative estimate of drug-likeness (QED) is 0.529. The van der Waals surface area contributed by atoms with Crippen LogP contribution in [-0.4, -0.2) is 17.3 Å². The lowest BCUT2D eigenvalue weighted by Crippen LogP contribution is -2.32. The number of halogens is 1. The minimum atomic E-state index is 0.209. The molecule has 0 bridgehead atoms. The summed E-state index contributed by atoms with van der Waals surface area (Å²) >= 11 is 3.38. The van der Waals surface area contributed by atoms with Crippen molar-refractivity contribution in [3.8, 4) is 0 Å². The van der Waals surface area contributed by atoms with Crippen molar-refractivity contribution in [2.45, 2.75) is 58.4 Å². The predicted octanol–water partition coefficient (Wildman–Crippen LogP) is 3.25. The minimum absolute atomic E-state index is 0.209. The maximum atomic E-state index is 11.4. The summed E-state index contributed by atoms with van der Waals surface area (Å²) < 4.78 is 0. The highest BCUT2D eigenvalue weighted by atomic mass is 79.9. The van der Waals surface area contributed by atoms with Crippen LogP contribution < -0.4 is 5.32 Å². The number of carbonyl (C=O) groups is 1. The van der Waals surface area contributed by atoms with Gasteiger partial charge in [-0.3, -0.25) is 4.79 Å². The van der Waals surface area contributed by atoms with Crippen molar-refractivity contribution in [3.05, 3.63) is 0 Å². The Labute approximate surface area is 96.0 Å². The van der Waals surface area contributed by atoms with Gasteiger partial charge in [0, 0.05) is 17.8 Å². The first-order valence-corrected chi connectivity index (χ1v) is 6.68. The van der Waals surface area contributed by atoms with Crippen LogP contribution in [0.25, 0.3) is 0 Å². The van der Waals surface area contributed by atoms with Gasteiger partial charge < -0.3 is 5.32 Å². The second-order valence-corrected chi connectivity index (χ2v) is 4.55. The van der Waals surface area contributed by atoms with Crippen LogP contribution in [-0.2, 0) is 4.79 Å². The van der Waals surface area contributed by atoms with E-state index in [1.165, 1.54) is 6.42 Å². The lowest BCUT2D eigenvalue weighted by molar-refractivity contribution is -0.121. The Morgan fingerprint density at radius 3 is 2.64 bits per heavy atom. The van der Waals surface area contributed by atoms with E-state index in [4.69, 9.17) is 0 Å². The van der Waals surface area contributed by atoms with E-state index in [1.807, 2.05) is 0 Å². The highest BCUT2D eigenvalue weighted by molar-refractivity contribution is 9.09. The van der Waals surface area contributed by atoms with Gasteiger partial charge in [0.15, 0.2) is 0 Å². The van der Waals surface area contributed by atoms with Crippen LogP contribution in [0, 0.1) is 0 Å². The molecule has 1 unspecified atom stereocenters. The molecule has 2 nitrogen and oxygen atoms in total. The molecule has 0 aromatic heterocycles. The van der Waals surface area contributed by atoms with E-state index in [2.05, 4.69) is 35.1 Å². The molecule has 0 rings (SSSR count). The van der Waals surface area contributed by atoms with Gasteiger partial charge in [-0.15, -0.1) is 0 Å². The Kier molecular flexibility index (Phi) is 9.47. The van der Waals surface area contributed by atoms with Crippen LogP contribution in [0.1, 0.15) is 52.4 Å². The second kappa shape index (κ2) is 9.50. The number of rotatable bonds is 8. The Balaban J connectivity index is 3.40. The van der Waals surface area contributed by atoms with E-state index in [9.17, 15) is 4.79 Å². The van der Waals surface area contributed by atoms with E-state index < -0.39 is 0 Å². The van der Waals surface area contributed by atoms with Crippen LogP contribution in [0.3, 0.4) is 0 Å². The fourth-order valence-electron chi connectivity index (χ4n) is 1.34. The fourth-order valence-corrected chi connectivity index (χ4v) is 1.66. The molecule has 0 saturated heterocycles. The molecule has 0 heterocycles. The van der Waals surface area contributed by atoms with Crippen LogP contribution in [0.5, 0.6) is 0 Å². The maximum Gasteiger partial charge on any atom is 0.220 e. The molecule has 0 aromatic carbocycles. The molecule has 0 saturated carbocycles. The summed E-state index contributed by atoms with van der Waals surface area (Å²) in [5, 5.41) is 4.03. The smallest absolute Gasteiger partial charge is 0.220 e. The van der Waals surface area contributed by atoms with Gasteiger partial charge in [0.2, 0.25) is 5.91 Å². The minimum Gasteiger partial charge on any atom is -0.354 e. The molecular weight excluding hydrogens is 242 g/mol. The van der Waals surface area contributed by atoms with Crippen molar-refractivity contribution in [1.29, 1.82) is 0 Å². The lowest BCUT2D eigenvalue weighted by atomic mass is 10.1. The van der Waals surface area contributed by atoms with Crippen molar-refractivity contribution < 1.29 is 4.79 Å². The first kappa shape index (κ1) is 13.9. The summed E-state index contributed by atoms with van der Waals surface area (Å²) in [6.07, 6.45) is 6.22. The molecule has 0 aliphatic rings. The molecular formula is C11H22BrNO. The summed E-state index contributed by atoms with van der Waals surface area (Å²) in [5.74, 6) is 0.209. The third-order valence-electron chi connectivity index (χ3n) is 2.19. The van der Waals surface area contributed by atoms with Gasteiger partial charge >= 0.3 is 0 Å². The SMILES string of the molecule is CCCCCC(=O)NC(C)CCCBr. The molecule has 1 atom stereocenters. The molecule has 0 spiro atoms.